The zero-order valence-electron chi connectivity index (χ0n) is 14.9. The summed E-state index contributed by atoms with van der Waals surface area (Å²) >= 11 is 0. The lowest BCUT2D eigenvalue weighted by molar-refractivity contribution is -0.115. The Balaban J connectivity index is 1.58. The number of halogens is 2. The molecule has 0 unspecified atom stereocenters. The van der Waals surface area contributed by atoms with Crippen LogP contribution in [-0.4, -0.2) is 27.9 Å². The SMILES string of the molecule is Cn1ccnc1C(=O)c1ccc(NC(=O)Cc2ccc(OC(F)F)cc2)cc1. The van der Waals surface area contributed by atoms with E-state index in [1.165, 1.54) is 12.1 Å². The van der Waals surface area contributed by atoms with Crippen molar-refractivity contribution in [2.24, 2.45) is 7.05 Å². The van der Waals surface area contributed by atoms with Crippen molar-refractivity contribution in [2.75, 3.05) is 5.32 Å². The highest BCUT2D eigenvalue weighted by atomic mass is 19.3. The molecule has 0 aliphatic carbocycles. The number of alkyl halides is 2. The smallest absolute Gasteiger partial charge is 0.387 e. The Morgan fingerprint density at radius 2 is 1.79 bits per heavy atom. The van der Waals surface area contributed by atoms with Crippen LogP contribution in [0.3, 0.4) is 0 Å². The second kappa shape index (κ2) is 8.43. The minimum atomic E-state index is -2.89. The first-order chi connectivity index (χ1) is 13.4. The molecule has 0 atom stereocenters. The highest BCUT2D eigenvalue weighted by molar-refractivity contribution is 6.07. The van der Waals surface area contributed by atoms with Gasteiger partial charge in [-0.15, -0.1) is 0 Å². The van der Waals surface area contributed by atoms with Gasteiger partial charge >= 0.3 is 6.61 Å². The summed E-state index contributed by atoms with van der Waals surface area (Å²) in [5.41, 5.74) is 1.65. The maximum atomic E-state index is 12.4. The summed E-state index contributed by atoms with van der Waals surface area (Å²) in [5, 5.41) is 2.73. The molecule has 0 radical (unpaired) electrons. The van der Waals surface area contributed by atoms with Crippen molar-refractivity contribution >= 4 is 17.4 Å². The second-order valence-corrected chi connectivity index (χ2v) is 6.02. The van der Waals surface area contributed by atoms with Gasteiger partial charge < -0.3 is 14.6 Å². The summed E-state index contributed by atoms with van der Waals surface area (Å²) in [4.78, 5) is 28.5. The molecule has 1 aromatic heterocycles. The molecule has 6 nitrogen and oxygen atoms in total. The summed E-state index contributed by atoms with van der Waals surface area (Å²) in [6.45, 7) is -2.89. The van der Waals surface area contributed by atoms with Crippen molar-refractivity contribution in [3.63, 3.8) is 0 Å². The molecule has 28 heavy (non-hydrogen) atoms. The van der Waals surface area contributed by atoms with Crippen LogP contribution < -0.4 is 10.1 Å². The summed E-state index contributed by atoms with van der Waals surface area (Å²) in [6.07, 6.45) is 3.31. The quantitative estimate of drug-likeness (QED) is 0.633. The highest BCUT2D eigenvalue weighted by Crippen LogP contribution is 2.16. The van der Waals surface area contributed by atoms with Crippen molar-refractivity contribution in [1.82, 2.24) is 9.55 Å². The van der Waals surface area contributed by atoms with Gasteiger partial charge in [0.1, 0.15) is 5.75 Å². The Labute approximate surface area is 159 Å². The van der Waals surface area contributed by atoms with E-state index in [-0.39, 0.29) is 23.9 Å². The molecule has 1 N–H and O–H groups in total. The van der Waals surface area contributed by atoms with Crippen LogP contribution in [0.1, 0.15) is 21.7 Å². The van der Waals surface area contributed by atoms with Gasteiger partial charge in [0.2, 0.25) is 11.7 Å². The molecule has 144 valence electrons. The zero-order chi connectivity index (χ0) is 20.1. The number of ketones is 1. The van der Waals surface area contributed by atoms with Gasteiger partial charge in [-0.1, -0.05) is 12.1 Å². The molecule has 3 aromatic rings. The Bertz CT molecular complexity index is 967. The fourth-order valence-electron chi connectivity index (χ4n) is 2.60. The third-order valence-electron chi connectivity index (χ3n) is 3.97. The van der Waals surface area contributed by atoms with E-state index in [4.69, 9.17) is 0 Å². The van der Waals surface area contributed by atoms with Crippen LogP contribution in [0.2, 0.25) is 0 Å². The molecular formula is C20H17F2N3O3. The Morgan fingerprint density at radius 3 is 2.36 bits per heavy atom. The van der Waals surface area contributed by atoms with Gasteiger partial charge in [0.25, 0.3) is 0 Å². The van der Waals surface area contributed by atoms with Crippen molar-refractivity contribution in [3.8, 4) is 5.75 Å². The van der Waals surface area contributed by atoms with Gasteiger partial charge in [-0.05, 0) is 42.0 Å². The second-order valence-electron chi connectivity index (χ2n) is 6.02. The van der Waals surface area contributed by atoms with E-state index in [2.05, 4.69) is 15.0 Å². The van der Waals surface area contributed by atoms with Crippen molar-refractivity contribution in [2.45, 2.75) is 13.0 Å². The van der Waals surface area contributed by atoms with Crippen LogP contribution in [-0.2, 0) is 18.3 Å². The highest BCUT2D eigenvalue weighted by Gasteiger charge is 2.14. The number of carbonyl (C=O) groups excluding carboxylic acids is 2. The topological polar surface area (TPSA) is 73.2 Å². The van der Waals surface area contributed by atoms with Gasteiger partial charge in [0.15, 0.2) is 5.82 Å². The number of ether oxygens (including phenoxy) is 1. The normalized spacial score (nSPS) is 10.7. The maximum Gasteiger partial charge on any atom is 0.387 e. The molecule has 0 fully saturated rings. The lowest BCUT2D eigenvalue weighted by atomic mass is 10.1. The minimum Gasteiger partial charge on any atom is -0.435 e. The van der Waals surface area contributed by atoms with E-state index in [1.807, 2.05) is 0 Å². The van der Waals surface area contributed by atoms with Crippen LogP contribution in [0.25, 0.3) is 0 Å². The summed E-state index contributed by atoms with van der Waals surface area (Å²) in [5.74, 6) is -0.120. The number of amides is 1. The van der Waals surface area contributed by atoms with E-state index in [0.29, 0.717) is 22.6 Å². The molecule has 0 saturated heterocycles. The number of nitrogens with zero attached hydrogens (tertiary/aromatic N) is 2. The number of anilines is 1. The summed E-state index contributed by atoms with van der Waals surface area (Å²) in [6, 6.07) is 12.4. The predicted octanol–water partition coefficient (Wildman–Crippen LogP) is 3.43. The third-order valence-corrected chi connectivity index (χ3v) is 3.97. The summed E-state index contributed by atoms with van der Waals surface area (Å²) < 4.78 is 30.2. The van der Waals surface area contributed by atoms with Gasteiger partial charge in [0.05, 0.1) is 6.42 Å². The van der Waals surface area contributed by atoms with Crippen LogP contribution in [0.15, 0.2) is 60.9 Å². The lowest BCUT2D eigenvalue weighted by Gasteiger charge is -2.08. The Morgan fingerprint density at radius 1 is 1.11 bits per heavy atom. The van der Waals surface area contributed by atoms with Crippen LogP contribution in [0.4, 0.5) is 14.5 Å². The van der Waals surface area contributed by atoms with Crippen LogP contribution in [0.5, 0.6) is 5.75 Å². The Hall–Kier alpha value is -3.55. The molecular weight excluding hydrogens is 368 g/mol. The van der Waals surface area contributed by atoms with E-state index in [1.54, 1.807) is 60.4 Å². The predicted molar refractivity (Wildman–Crippen MR) is 98.5 cm³/mol. The third kappa shape index (κ3) is 4.79. The van der Waals surface area contributed by atoms with E-state index >= 15 is 0 Å². The average molecular weight is 385 g/mol. The molecule has 2 aromatic carbocycles. The molecule has 3 rings (SSSR count). The minimum absolute atomic E-state index is 0.0344. The van der Waals surface area contributed by atoms with E-state index in [0.717, 1.165) is 0 Å². The number of hydrogen-bond donors (Lipinski definition) is 1. The largest absolute Gasteiger partial charge is 0.435 e. The van der Waals surface area contributed by atoms with E-state index < -0.39 is 6.61 Å². The average Bonchev–Trinajstić information content (AvgIpc) is 3.09. The molecule has 0 aliphatic heterocycles. The van der Waals surface area contributed by atoms with Crippen LogP contribution >= 0.6 is 0 Å². The monoisotopic (exact) mass is 385 g/mol. The lowest BCUT2D eigenvalue weighted by Crippen LogP contribution is -2.14. The van der Waals surface area contributed by atoms with Gasteiger partial charge in [-0.3, -0.25) is 9.59 Å². The fourth-order valence-corrected chi connectivity index (χ4v) is 2.60. The number of aryl methyl sites for hydroxylation is 1. The molecule has 1 amide bonds. The standard InChI is InChI=1S/C20H17F2N3O3/c1-25-11-10-23-19(25)18(27)14-4-6-15(7-5-14)24-17(26)12-13-2-8-16(9-3-13)28-20(21)22/h2-11,20H,12H2,1H3,(H,24,26). The first kappa shape index (κ1) is 19.2. The number of rotatable bonds is 7. The van der Waals surface area contributed by atoms with Gasteiger partial charge in [0, 0.05) is 30.7 Å². The zero-order valence-corrected chi connectivity index (χ0v) is 14.9. The maximum absolute atomic E-state index is 12.4. The van der Waals surface area contributed by atoms with E-state index in [9.17, 15) is 18.4 Å². The van der Waals surface area contributed by atoms with Gasteiger partial charge in [-0.2, -0.15) is 8.78 Å². The number of nitrogens with one attached hydrogen (secondary N) is 1. The first-order valence-electron chi connectivity index (χ1n) is 8.38. The van der Waals surface area contributed by atoms with Crippen molar-refractivity contribution in [3.05, 3.63) is 77.9 Å². The fraction of sp³-hybridized carbons (Fsp3) is 0.150. The molecule has 0 spiro atoms. The van der Waals surface area contributed by atoms with Gasteiger partial charge in [-0.25, -0.2) is 4.98 Å². The number of hydrogen-bond acceptors (Lipinski definition) is 4. The van der Waals surface area contributed by atoms with Crippen molar-refractivity contribution < 1.29 is 23.1 Å². The van der Waals surface area contributed by atoms with Crippen molar-refractivity contribution in [1.29, 1.82) is 0 Å². The number of imidazole rings is 1. The molecule has 0 bridgehead atoms. The van der Waals surface area contributed by atoms with Crippen LogP contribution in [0, 0.1) is 0 Å². The molecule has 8 heteroatoms. The molecule has 0 saturated carbocycles. The first-order valence-corrected chi connectivity index (χ1v) is 8.38. The summed E-state index contributed by atoms with van der Waals surface area (Å²) in [7, 11) is 1.74. The number of carbonyl (C=O) groups is 2. The number of benzene rings is 2. The molecule has 1 heterocycles. The Kier molecular flexibility index (Phi) is 5.78. The number of aromatic nitrogens is 2. The molecule has 0 aliphatic rings.